The Hall–Kier alpha value is -6.95. The van der Waals surface area contributed by atoms with E-state index in [4.69, 9.17) is 33.9 Å². The average molecular weight is 737 g/mol. The maximum atomic E-state index is 13.7. The Bertz CT molecular complexity index is 2750. The molecule has 6 aromatic rings. The van der Waals surface area contributed by atoms with Crippen LogP contribution in [0.25, 0.3) is 78.3 Å². The van der Waals surface area contributed by atoms with Crippen LogP contribution < -0.4 is 10.4 Å². The number of hydrogen-bond acceptors (Lipinski definition) is 11. The molecule has 0 unspecified atom stereocenters. The van der Waals surface area contributed by atoms with Crippen molar-refractivity contribution in [3.05, 3.63) is 101 Å². The number of carbonyl (C=O) groups is 4. The normalized spacial score (nSPS) is 11.4. The van der Waals surface area contributed by atoms with E-state index >= 15 is 0 Å². The second-order valence-corrected chi connectivity index (χ2v) is 12.2. The van der Waals surface area contributed by atoms with E-state index in [1.54, 1.807) is 64.1 Å². The summed E-state index contributed by atoms with van der Waals surface area (Å²) in [6, 6.07) is 23.8. The lowest BCUT2D eigenvalue weighted by Gasteiger charge is -2.09. The Balaban J connectivity index is 1.82. The third-order valence-corrected chi connectivity index (χ3v) is 8.89. The summed E-state index contributed by atoms with van der Waals surface area (Å²) in [7, 11) is 0. The van der Waals surface area contributed by atoms with Crippen molar-refractivity contribution in [3.63, 3.8) is 0 Å². The van der Waals surface area contributed by atoms with Crippen molar-refractivity contribution < 1.29 is 38.1 Å². The van der Waals surface area contributed by atoms with Crippen LogP contribution in [-0.4, -0.2) is 70.2 Å². The summed E-state index contributed by atoms with van der Waals surface area (Å²) < 4.78 is 21.7. The van der Waals surface area contributed by atoms with Crippen LogP contribution in [0.4, 0.5) is 0 Å². The Labute approximate surface area is 314 Å². The number of fused-ring (bicyclic) bond motifs is 6. The van der Waals surface area contributed by atoms with Crippen LogP contribution in [0.5, 0.6) is 0 Å². The number of aromatic amines is 1. The highest BCUT2D eigenvalue weighted by molar-refractivity contribution is 6.38. The molecule has 0 saturated heterocycles. The lowest BCUT2D eigenvalue weighted by molar-refractivity contribution is -0.144. The monoisotopic (exact) mass is 736 g/mol. The number of benzene rings is 2. The smallest absolute Gasteiger partial charge is 0.346 e. The second kappa shape index (κ2) is 15.6. The van der Waals surface area contributed by atoms with Crippen LogP contribution in [0.1, 0.15) is 39.1 Å². The third-order valence-electron chi connectivity index (χ3n) is 8.89. The van der Waals surface area contributed by atoms with Gasteiger partial charge in [-0.1, -0.05) is 54.6 Å². The highest BCUT2D eigenvalue weighted by Crippen LogP contribution is 2.30. The Morgan fingerprint density at radius 2 is 0.964 bits per heavy atom. The lowest BCUT2D eigenvalue weighted by Crippen LogP contribution is -2.27. The zero-order valence-corrected chi connectivity index (χ0v) is 30.6. The third kappa shape index (κ3) is 6.85. The van der Waals surface area contributed by atoms with Crippen molar-refractivity contribution in [1.82, 2.24) is 19.9 Å². The van der Waals surface area contributed by atoms with E-state index in [0.29, 0.717) is 44.1 Å². The molecule has 1 aliphatic rings. The van der Waals surface area contributed by atoms with Crippen LogP contribution >= 0.6 is 0 Å². The van der Waals surface area contributed by atoms with Gasteiger partial charge in [-0.3, -0.25) is 0 Å². The number of nitrogens with one attached hydrogen (secondary N) is 1. The molecule has 1 aliphatic heterocycles. The molecule has 0 radical (unpaired) electrons. The average Bonchev–Trinajstić information content (AvgIpc) is 3.87. The van der Waals surface area contributed by atoms with E-state index in [1.165, 1.54) is 0 Å². The topological polar surface area (TPSA) is 160 Å². The molecule has 0 amide bonds. The summed E-state index contributed by atoms with van der Waals surface area (Å²) in [5.41, 5.74) is 3.77. The quantitative estimate of drug-likeness (QED) is 0.0846. The number of nitrogens with zero attached hydrogens (tertiary/aromatic N) is 3. The Morgan fingerprint density at radius 3 is 1.49 bits per heavy atom. The fraction of sp³-hybridized carbons (Fsp3) is 0.186. The molecule has 8 bridgehead atoms. The first-order chi connectivity index (χ1) is 26.8. The number of ether oxygens (including phenoxy) is 4. The Kier molecular flexibility index (Phi) is 10.3. The van der Waals surface area contributed by atoms with Crippen LogP contribution in [0.15, 0.2) is 78.9 Å². The SMILES string of the molecule is CCOC(=O)C(C(=O)OCC)=c1c2nc(c(-c3ccccc3)c3ccc([nH]3)c(=C(C(=O)OCC)C(=O)OCC)c3ccc4ccc5ccc1nc5c4n3)C=C2. The molecule has 0 atom stereocenters. The lowest BCUT2D eigenvalue weighted by atomic mass is 10.0. The number of esters is 4. The van der Waals surface area contributed by atoms with E-state index in [9.17, 15) is 19.2 Å². The van der Waals surface area contributed by atoms with Gasteiger partial charge in [0.2, 0.25) is 0 Å². The van der Waals surface area contributed by atoms with Gasteiger partial charge in [0, 0.05) is 37.8 Å². The number of rotatable bonds is 9. The molecule has 0 fully saturated rings. The van der Waals surface area contributed by atoms with Gasteiger partial charge in [-0.2, -0.15) is 0 Å². The molecule has 12 nitrogen and oxygen atoms in total. The minimum Gasteiger partial charge on any atom is -0.462 e. The summed E-state index contributed by atoms with van der Waals surface area (Å²) in [6.45, 7) is 6.64. The number of carbonyl (C=O) groups excluding carboxylic acids is 4. The van der Waals surface area contributed by atoms with Crippen molar-refractivity contribution in [3.8, 4) is 11.1 Å². The zero-order chi connectivity index (χ0) is 38.6. The van der Waals surface area contributed by atoms with Crippen molar-refractivity contribution in [2.75, 3.05) is 26.4 Å². The molecule has 0 spiro atoms. The molecule has 0 aliphatic carbocycles. The first-order valence-electron chi connectivity index (χ1n) is 17.9. The van der Waals surface area contributed by atoms with Crippen molar-refractivity contribution in [1.29, 1.82) is 0 Å². The Morgan fingerprint density at radius 1 is 0.509 bits per heavy atom. The molecule has 12 heteroatoms. The van der Waals surface area contributed by atoms with Gasteiger partial charge < -0.3 is 23.9 Å². The molecule has 0 saturated carbocycles. The molecule has 7 rings (SSSR count). The summed E-state index contributed by atoms with van der Waals surface area (Å²) in [5.74, 6) is -3.53. The maximum Gasteiger partial charge on any atom is 0.346 e. The van der Waals surface area contributed by atoms with Crippen LogP contribution in [-0.2, 0) is 38.1 Å². The number of aromatic nitrogens is 4. The van der Waals surface area contributed by atoms with Gasteiger partial charge in [0.15, 0.2) is 11.1 Å². The van der Waals surface area contributed by atoms with Gasteiger partial charge in [0.25, 0.3) is 0 Å². The number of H-pyrrole nitrogens is 1. The molecular weight excluding hydrogens is 700 g/mol. The highest BCUT2D eigenvalue weighted by Gasteiger charge is 2.27. The number of pyridine rings is 2. The summed E-state index contributed by atoms with van der Waals surface area (Å²) in [5, 5.41) is 1.66. The van der Waals surface area contributed by atoms with Crippen molar-refractivity contribution >= 4 is 91.0 Å². The number of hydrogen-bond donors (Lipinski definition) is 1. The minimum absolute atomic E-state index is 0.00766. The highest BCUT2D eigenvalue weighted by atomic mass is 16.6. The predicted molar refractivity (Wildman–Crippen MR) is 209 cm³/mol. The van der Waals surface area contributed by atoms with E-state index in [1.807, 2.05) is 54.6 Å². The van der Waals surface area contributed by atoms with Gasteiger partial charge in [-0.15, -0.1) is 0 Å². The fourth-order valence-corrected chi connectivity index (χ4v) is 6.60. The van der Waals surface area contributed by atoms with E-state index in [2.05, 4.69) is 4.98 Å². The summed E-state index contributed by atoms with van der Waals surface area (Å²) in [4.78, 5) is 73.3. The maximum absolute atomic E-state index is 13.7. The van der Waals surface area contributed by atoms with E-state index in [0.717, 1.165) is 5.56 Å². The summed E-state index contributed by atoms with van der Waals surface area (Å²) >= 11 is 0. The van der Waals surface area contributed by atoms with Gasteiger partial charge in [0.1, 0.15) is 0 Å². The molecular formula is C43H36N4O8. The first kappa shape index (κ1) is 36.4. The van der Waals surface area contributed by atoms with Crippen LogP contribution in [0, 0.1) is 0 Å². The van der Waals surface area contributed by atoms with Crippen LogP contribution in [0.3, 0.4) is 0 Å². The summed E-state index contributed by atoms with van der Waals surface area (Å²) in [6.07, 6.45) is 3.48. The van der Waals surface area contributed by atoms with Gasteiger partial charge in [0.05, 0.1) is 59.9 Å². The van der Waals surface area contributed by atoms with Crippen LogP contribution in [0.2, 0.25) is 0 Å². The minimum atomic E-state index is -0.889. The standard InChI is InChI=1S/C43H36N4O8/c1-5-52-40(48)36(41(49)53-6-2)34-29-22-20-27(44-29)33(24-12-10-9-11-13-24)28-21-23-30(45-28)35(37(42(50)54-7-3)43(51)55-8-4)32-19-17-26-15-14-25-16-18-31(34)46-38(25)39(26)47-32/h9-23,44H,5-8H2,1-4H3. The van der Waals surface area contributed by atoms with Crippen molar-refractivity contribution in [2.24, 2.45) is 0 Å². The first-order valence-corrected chi connectivity index (χ1v) is 17.9. The van der Waals surface area contributed by atoms with Gasteiger partial charge in [-0.05, 0) is 69.7 Å². The van der Waals surface area contributed by atoms with Crippen molar-refractivity contribution in [2.45, 2.75) is 27.7 Å². The fourth-order valence-electron chi connectivity index (χ4n) is 6.60. The molecule has 55 heavy (non-hydrogen) atoms. The molecule has 2 aromatic carbocycles. The zero-order valence-electron chi connectivity index (χ0n) is 30.6. The molecule has 5 heterocycles. The predicted octanol–water partition coefficient (Wildman–Crippen LogP) is 5.64. The molecule has 276 valence electrons. The van der Waals surface area contributed by atoms with E-state index in [-0.39, 0.29) is 64.7 Å². The molecule has 4 aromatic heterocycles. The van der Waals surface area contributed by atoms with Gasteiger partial charge in [-0.25, -0.2) is 34.1 Å². The largest absolute Gasteiger partial charge is 0.462 e. The van der Waals surface area contributed by atoms with E-state index < -0.39 is 23.9 Å². The van der Waals surface area contributed by atoms with Gasteiger partial charge >= 0.3 is 23.9 Å². The molecule has 1 N–H and O–H groups in total. The second-order valence-electron chi connectivity index (χ2n) is 12.2.